The third-order valence-corrected chi connectivity index (χ3v) is 2.09. The van der Waals surface area contributed by atoms with Gasteiger partial charge in [0.1, 0.15) is 5.82 Å². The van der Waals surface area contributed by atoms with Gasteiger partial charge in [0.05, 0.1) is 6.10 Å². The summed E-state index contributed by atoms with van der Waals surface area (Å²) >= 11 is 4.33. The van der Waals surface area contributed by atoms with Crippen molar-refractivity contribution in [3.8, 4) is 0 Å². The first kappa shape index (κ1) is 10.5. The number of nitrogens with zero attached hydrogens (tertiary/aromatic N) is 2. The van der Waals surface area contributed by atoms with E-state index in [4.69, 9.17) is 4.74 Å². The largest absolute Gasteiger partial charge is 0.376 e. The lowest BCUT2D eigenvalue weighted by Gasteiger charge is -2.17. The molecule has 0 N–H and O–H groups in total. The van der Waals surface area contributed by atoms with Crippen LogP contribution in [0.15, 0.2) is 12.4 Å². The molecule has 13 heavy (non-hydrogen) atoms. The molecule has 0 unspecified atom stereocenters. The summed E-state index contributed by atoms with van der Waals surface area (Å²) in [5.41, 5.74) is 0.968. The van der Waals surface area contributed by atoms with E-state index in [0.29, 0.717) is 0 Å². The number of methoxy groups -OCH3 is 1. The van der Waals surface area contributed by atoms with Crippen molar-refractivity contribution in [3.63, 3.8) is 0 Å². The van der Waals surface area contributed by atoms with E-state index in [9.17, 15) is 0 Å². The molecule has 0 aliphatic rings. The van der Waals surface area contributed by atoms with Gasteiger partial charge in [-0.1, -0.05) is 6.92 Å². The Bertz CT molecular complexity index is 261. The van der Waals surface area contributed by atoms with Crippen LogP contribution in [-0.2, 0) is 4.74 Å². The number of aryl methyl sites for hydroxylation is 1. The Kier molecular flexibility index (Phi) is 3.69. The highest BCUT2D eigenvalue weighted by Crippen LogP contribution is 2.22. The second-order valence-electron chi connectivity index (χ2n) is 2.96. The summed E-state index contributed by atoms with van der Waals surface area (Å²) in [6.07, 6.45) is 3.52. The van der Waals surface area contributed by atoms with Gasteiger partial charge < -0.3 is 4.74 Å². The van der Waals surface area contributed by atoms with Gasteiger partial charge in [-0.2, -0.15) is 12.6 Å². The minimum atomic E-state index is -0.0380. The van der Waals surface area contributed by atoms with Crippen LogP contribution < -0.4 is 0 Å². The topological polar surface area (TPSA) is 35.0 Å². The molecule has 4 heteroatoms. The van der Waals surface area contributed by atoms with Crippen LogP contribution in [0.25, 0.3) is 0 Å². The molecule has 0 saturated carbocycles. The van der Waals surface area contributed by atoms with Crippen LogP contribution in [0.3, 0.4) is 0 Å². The fraction of sp³-hybridized carbons (Fsp3) is 0.556. The van der Waals surface area contributed by atoms with Gasteiger partial charge in [-0.3, -0.25) is 0 Å². The Labute approximate surface area is 84.0 Å². The highest BCUT2D eigenvalue weighted by molar-refractivity contribution is 7.81. The van der Waals surface area contributed by atoms with Crippen LogP contribution in [0.1, 0.15) is 24.4 Å². The predicted molar refractivity (Wildman–Crippen MR) is 55.0 cm³/mol. The molecule has 0 fully saturated rings. The van der Waals surface area contributed by atoms with Crippen LogP contribution in [-0.4, -0.2) is 22.3 Å². The summed E-state index contributed by atoms with van der Waals surface area (Å²) in [7, 11) is 1.66. The van der Waals surface area contributed by atoms with Gasteiger partial charge in [-0.15, -0.1) is 0 Å². The molecular formula is C9H14N2OS. The molecular weight excluding hydrogens is 184 g/mol. The second kappa shape index (κ2) is 4.58. The minimum Gasteiger partial charge on any atom is -0.376 e. The summed E-state index contributed by atoms with van der Waals surface area (Å²) in [6, 6.07) is 0. The maximum Gasteiger partial charge on any atom is 0.125 e. The Morgan fingerprint density at radius 3 is 2.31 bits per heavy atom. The summed E-state index contributed by atoms with van der Waals surface area (Å²) in [5, 5.41) is 0.135. The highest BCUT2D eigenvalue weighted by atomic mass is 32.1. The smallest absolute Gasteiger partial charge is 0.125 e. The zero-order chi connectivity index (χ0) is 9.84. The van der Waals surface area contributed by atoms with Crippen molar-refractivity contribution in [2.24, 2.45) is 0 Å². The fourth-order valence-corrected chi connectivity index (χ4v) is 1.45. The normalized spacial score (nSPS) is 15.4. The number of hydrogen-bond acceptors (Lipinski definition) is 4. The number of thiol groups is 1. The molecule has 2 atom stereocenters. The molecule has 0 saturated heterocycles. The lowest BCUT2D eigenvalue weighted by molar-refractivity contribution is 0.104. The Balaban J connectivity index is 2.86. The summed E-state index contributed by atoms with van der Waals surface area (Å²) < 4.78 is 5.28. The monoisotopic (exact) mass is 198 g/mol. The number of ether oxygens (including phenoxy) is 1. The average Bonchev–Trinajstić information content (AvgIpc) is 2.09. The highest BCUT2D eigenvalue weighted by Gasteiger charge is 2.15. The van der Waals surface area contributed by atoms with Gasteiger partial charge in [0.25, 0.3) is 0 Å². The van der Waals surface area contributed by atoms with Crippen LogP contribution in [0.2, 0.25) is 0 Å². The van der Waals surface area contributed by atoms with Gasteiger partial charge in [0.15, 0.2) is 0 Å². The fourth-order valence-electron chi connectivity index (χ4n) is 1.16. The summed E-state index contributed by atoms with van der Waals surface area (Å²) in [4.78, 5) is 8.21. The first-order chi connectivity index (χ1) is 6.15. The zero-order valence-electron chi connectivity index (χ0n) is 8.06. The second-order valence-corrected chi connectivity index (χ2v) is 3.78. The quantitative estimate of drug-likeness (QED) is 0.752. The average molecular weight is 198 g/mol. The minimum absolute atomic E-state index is 0.0380. The van der Waals surface area contributed by atoms with Crippen molar-refractivity contribution in [1.29, 1.82) is 0 Å². The van der Waals surface area contributed by atoms with E-state index in [1.54, 1.807) is 19.5 Å². The van der Waals surface area contributed by atoms with E-state index in [2.05, 4.69) is 22.6 Å². The molecule has 1 aromatic heterocycles. The molecule has 0 aliphatic heterocycles. The van der Waals surface area contributed by atoms with Crippen molar-refractivity contribution >= 4 is 12.6 Å². The molecule has 1 heterocycles. The molecule has 0 spiro atoms. The lowest BCUT2D eigenvalue weighted by atomic mass is 10.1. The van der Waals surface area contributed by atoms with Gasteiger partial charge in [0, 0.05) is 30.3 Å². The van der Waals surface area contributed by atoms with E-state index in [-0.39, 0.29) is 11.4 Å². The maximum absolute atomic E-state index is 5.28. The Hall–Kier alpha value is -0.610. The van der Waals surface area contributed by atoms with Crippen LogP contribution in [0, 0.1) is 6.92 Å². The SMILES string of the molecule is CO[C@H](c1cnc(C)nc1)[C@@H](C)S. The van der Waals surface area contributed by atoms with Crippen LogP contribution >= 0.6 is 12.6 Å². The molecule has 0 aliphatic carbocycles. The zero-order valence-corrected chi connectivity index (χ0v) is 8.95. The molecule has 0 amide bonds. The summed E-state index contributed by atoms with van der Waals surface area (Å²) in [6.45, 7) is 3.84. The summed E-state index contributed by atoms with van der Waals surface area (Å²) in [5.74, 6) is 0.769. The van der Waals surface area contributed by atoms with Gasteiger partial charge in [-0.05, 0) is 6.92 Å². The third kappa shape index (κ3) is 2.67. The van der Waals surface area contributed by atoms with Crippen molar-refractivity contribution < 1.29 is 4.74 Å². The Morgan fingerprint density at radius 2 is 1.92 bits per heavy atom. The van der Waals surface area contributed by atoms with E-state index < -0.39 is 0 Å². The predicted octanol–water partition coefficient (Wildman–Crippen LogP) is 1.79. The third-order valence-electron chi connectivity index (χ3n) is 1.82. The molecule has 0 aromatic carbocycles. The van der Waals surface area contributed by atoms with E-state index >= 15 is 0 Å². The van der Waals surface area contributed by atoms with E-state index in [1.165, 1.54) is 0 Å². The first-order valence-electron chi connectivity index (χ1n) is 4.14. The number of aromatic nitrogens is 2. The van der Waals surface area contributed by atoms with Crippen molar-refractivity contribution in [3.05, 3.63) is 23.8 Å². The van der Waals surface area contributed by atoms with E-state index in [0.717, 1.165) is 11.4 Å². The molecule has 1 rings (SSSR count). The number of hydrogen-bond donors (Lipinski definition) is 1. The van der Waals surface area contributed by atoms with Gasteiger partial charge in [-0.25, -0.2) is 9.97 Å². The van der Waals surface area contributed by atoms with Gasteiger partial charge >= 0.3 is 0 Å². The Morgan fingerprint density at radius 1 is 1.38 bits per heavy atom. The molecule has 0 radical (unpaired) electrons. The van der Waals surface area contributed by atoms with E-state index in [1.807, 2.05) is 13.8 Å². The van der Waals surface area contributed by atoms with Gasteiger partial charge in [0.2, 0.25) is 0 Å². The van der Waals surface area contributed by atoms with Crippen molar-refractivity contribution in [2.45, 2.75) is 25.2 Å². The first-order valence-corrected chi connectivity index (χ1v) is 4.66. The molecule has 72 valence electrons. The van der Waals surface area contributed by atoms with Crippen LogP contribution in [0.5, 0.6) is 0 Å². The number of rotatable bonds is 3. The lowest BCUT2D eigenvalue weighted by Crippen LogP contribution is -2.12. The molecule has 1 aromatic rings. The van der Waals surface area contributed by atoms with Crippen molar-refractivity contribution in [1.82, 2.24) is 9.97 Å². The van der Waals surface area contributed by atoms with Crippen molar-refractivity contribution in [2.75, 3.05) is 7.11 Å². The molecule has 0 bridgehead atoms. The maximum atomic E-state index is 5.28. The molecule has 3 nitrogen and oxygen atoms in total. The van der Waals surface area contributed by atoms with Crippen LogP contribution in [0.4, 0.5) is 0 Å². The standard InChI is InChI=1S/C9H14N2OS/c1-6(13)9(12-3)8-4-10-7(2)11-5-8/h4-6,9,13H,1-3H3/t6-,9+/m1/s1.